The molecule has 0 fully saturated rings. The van der Waals surface area contributed by atoms with Gasteiger partial charge in [-0.3, -0.25) is 0 Å². The maximum Gasteiger partial charge on any atom is 0.0595 e. The van der Waals surface area contributed by atoms with Crippen molar-refractivity contribution in [2.24, 2.45) is 0 Å². The molecule has 1 N–H and O–H groups in total. The average molecular weight is 117 g/mol. The van der Waals surface area contributed by atoms with E-state index in [1.54, 1.807) is 0 Å². The first kappa shape index (κ1) is 7.18. The molecular weight excluding hydrogens is 102 g/mol. The first-order valence-corrected chi connectivity index (χ1v) is 6.41. The summed E-state index contributed by atoms with van der Waals surface area (Å²) in [5.41, 5.74) is 0. The molecule has 0 atom stereocenters. The summed E-state index contributed by atoms with van der Waals surface area (Å²) in [7, 11) is 1.24. The predicted molar refractivity (Wildman–Crippen MR) is 37.3 cm³/mol. The Labute approximate surface area is 47.1 Å². The van der Waals surface area contributed by atoms with Gasteiger partial charge in [-0.15, -0.1) is 0 Å². The number of nitrogens with one attached hydrogen (secondary N) is 1. The van der Waals surface area contributed by atoms with E-state index in [2.05, 4.69) is 25.0 Å². The van der Waals surface area contributed by atoms with E-state index in [0.717, 1.165) is 0 Å². The van der Waals surface area contributed by atoms with Crippen LogP contribution in [-0.4, -0.2) is 21.3 Å². The Balaban J connectivity index is 3.15. The van der Waals surface area contributed by atoms with Gasteiger partial charge in [0.15, 0.2) is 0 Å². The molecule has 0 heterocycles. The number of hydrogen-bond donors (Lipinski definition) is 1. The normalized spacial score (nSPS) is 12.0. The molecule has 0 unspecified atom stereocenters. The average Bonchev–Trinajstić information content (AvgIpc) is 1.30. The van der Waals surface area contributed by atoms with Gasteiger partial charge in [0.25, 0.3) is 0 Å². The summed E-state index contributed by atoms with van der Waals surface area (Å²) in [6.45, 7) is 7.05. The third kappa shape index (κ3) is 6.18. The summed E-state index contributed by atoms with van der Waals surface area (Å²) in [5.74, 6) is 0. The lowest BCUT2D eigenvalue weighted by Gasteiger charge is -2.13. The largest absolute Gasteiger partial charge is 0.322 e. The van der Waals surface area contributed by atoms with Gasteiger partial charge in [-0.2, -0.15) is 0 Å². The van der Waals surface area contributed by atoms with Crippen LogP contribution in [0.5, 0.6) is 0 Å². The summed E-state index contributed by atoms with van der Waals surface area (Å²) >= 11 is 0. The summed E-state index contributed by atoms with van der Waals surface area (Å²) < 4.78 is 0. The monoisotopic (exact) mass is 117 g/mol. The zero-order valence-corrected chi connectivity index (χ0v) is 6.71. The van der Waals surface area contributed by atoms with Crippen LogP contribution >= 0.6 is 0 Å². The molecule has 0 aromatic rings. The van der Waals surface area contributed by atoms with Crippen molar-refractivity contribution in [2.75, 3.05) is 13.2 Å². The molecule has 2 heteroatoms. The van der Waals surface area contributed by atoms with Gasteiger partial charge in [0.1, 0.15) is 0 Å². The molecular formula is C5H15NSi. The minimum absolute atomic E-state index is 0.768. The fourth-order valence-electron chi connectivity index (χ4n) is 0.530. The van der Waals surface area contributed by atoms with E-state index in [-0.39, 0.29) is 0 Å². The second-order valence-corrected chi connectivity index (χ2v) is 8.57. The van der Waals surface area contributed by atoms with E-state index < -0.39 is 8.07 Å². The first-order chi connectivity index (χ1) is 3.06. The molecule has 0 amide bonds. The molecule has 0 aromatic carbocycles. The Bertz CT molecular complexity index is 46.5. The van der Waals surface area contributed by atoms with Crippen molar-refractivity contribution >= 4 is 8.07 Å². The fraction of sp³-hybridized carbons (Fsp3) is 1.00. The van der Waals surface area contributed by atoms with Gasteiger partial charge in [0, 0.05) is 0 Å². The molecule has 0 spiro atoms. The molecule has 44 valence electrons. The lowest BCUT2D eigenvalue weighted by Crippen LogP contribution is -2.34. The molecule has 0 aliphatic heterocycles. The van der Waals surface area contributed by atoms with Crippen LogP contribution in [-0.2, 0) is 0 Å². The summed E-state index contributed by atoms with van der Waals surface area (Å²) in [4.78, 5) is 0. The second-order valence-electron chi connectivity index (χ2n) is 3.09. The Morgan fingerprint density at radius 3 is 1.71 bits per heavy atom. The van der Waals surface area contributed by atoms with Gasteiger partial charge in [-0.05, 0) is 13.2 Å². The van der Waals surface area contributed by atoms with E-state index in [4.69, 9.17) is 0 Å². The Hall–Kier alpha value is 0.177. The van der Waals surface area contributed by atoms with Crippen LogP contribution in [0.15, 0.2) is 0 Å². The lowest BCUT2D eigenvalue weighted by molar-refractivity contribution is 0.946. The zero-order chi connectivity index (χ0) is 5.91. The van der Waals surface area contributed by atoms with Gasteiger partial charge >= 0.3 is 0 Å². The van der Waals surface area contributed by atoms with Gasteiger partial charge in [-0.1, -0.05) is 19.6 Å². The smallest absolute Gasteiger partial charge is 0.0595 e. The van der Waals surface area contributed by atoms with Gasteiger partial charge in [-0.25, -0.2) is 0 Å². The molecule has 0 rings (SSSR count). The highest BCUT2D eigenvalue weighted by Gasteiger charge is 2.09. The Morgan fingerprint density at radius 2 is 1.71 bits per heavy atom. The van der Waals surface area contributed by atoms with Crippen molar-refractivity contribution in [3.05, 3.63) is 0 Å². The molecule has 0 aromatic heterocycles. The first-order valence-electron chi connectivity index (χ1n) is 2.71. The van der Waals surface area contributed by atoms with E-state index in [1.165, 1.54) is 6.17 Å². The highest BCUT2D eigenvalue weighted by molar-refractivity contribution is 6.76. The minimum atomic E-state index is -0.768. The van der Waals surface area contributed by atoms with Crippen LogP contribution in [0.25, 0.3) is 0 Å². The number of rotatable bonds is 2. The molecule has 0 saturated carbocycles. The van der Waals surface area contributed by atoms with Crippen molar-refractivity contribution in [1.29, 1.82) is 0 Å². The van der Waals surface area contributed by atoms with E-state index >= 15 is 0 Å². The third-order valence-corrected chi connectivity index (χ3v) is 2.12. The van der Waals surface area contributed by atoms with Crippen LogP contribution in [0.2, 0.25) is 19.6 Å². The molecule has 0 aliphatic rings. The maximum atomic E-state index is 3.17. The van der Waals surface area contributed by atoms with Gasteiger partial charge in [0.2, 0.25) is 0 Å². The Kier molecular flexibility index (Phi) is 2.54. The van der Waals surface area contributed by atoms with Gasteiger partial charge in [0.05, 0.1) is 8.07 Å². The molecule has 0 radical (unpaired) electrons. The second kappa shape index (κ2) is 2.48. The van der Waals surface area contributed by atoms with Gasteiger partial charge < -0.3 is 5.32 Å². The van der Waals surface area contributed by atoms with Crippen LogP contribution in [0, 0.1) is 0 Å². The van der Waals surface area contributed by atoms with Crippen molar-refractivity contribution < 1.29 is 0 Å². The SMILES string of the molecule is CNC[Si](C)(C)C. The van der Waals surface area contributed by atoms with E-state index in [1.807, 2.05) is 7.05 Å². The highest BCUT2D eigenvalue weighted by atomic mass is 28.3. The maximum absolute atomic E-state index is 3.17. The standard InChI is InChI=1S/C5H15NSi/c1-6-5-7(2,3)4/h6H,5H2,1-4H3. The predicted octanol–water partition coefficient (Wildman–Crippen LogP) is 1.08. The van der Waals surface area contributed by atoms with Crippen molar-refractivity contribution in [3.63, 3.8) is 0 Å². The zero-order valence-electron chi connectivity index (χ0n) is 5.71. The van der Waals surface area contributed by atoms with E-state index in [0.29, 0.717) is 0 Å². The third-order valence-electron chi connectivity index (χ3n) is 0.707. The minimum Gasteiger partial charge on any atom is -0.322 e. The molecule has 7 heavy (non-hydrogen) atoms. The molecule has 1 nitrogen and oxygen atoms in total. The van der Waals surface area contributed by atoms with Crippen LogP contribution in [0.1, 0.15) is 0 Å². The van der Waals surface area contributed by atoms with Crippen molar-refractivity contribution in [1.82, 2.24) is 5.32 Å². The van der Waals surface area contributed by atoms with Crippen molar-refractivity contribution in [2.45, 2.75) is 19.6 Å². The fourth-order valence-corrected chi connectivity index (χ4v) is 1.59. The van der Waals surface area contributed by atoms with Crippen LogP contribution in [0.4, 0.5) is 0 Å². The van der Waals surface area contributed by atoms with Crippen LogP contribution in [0.3, 0.4) is 0 Å². The topological polar surface area (TPSA) is 12.0 Å². The van der Waals surface area contributed by atoms with Crippen molar-refractivity contribution in [3.8, 4) is 0 Å². The summed E-state index contributed by atoms with van der Waals surface area (Å²) in [6.07, 6.45) is 1.23. The lowest BCUT2D eigenvalue weighted by atomic mass is 11.2. The Morgan fingerprint density at radius 1 is 1.29 bits per heavy atom. The van der Waals surface area contributed by atoms with E-state index in [9.17, 15) is 0 Å². The van der Waals surface area contributed by atoms with Crippen LogP contribution < -0.4 is 5.32 Å². The molecule has 0 saturated heterocycles. The number of hydrogen-bond acceptors (Lipinski definition) is 1. The molecule has 0 aliphatic carbocycles. The highest BCUT2D eigenvalue weighted by Crippen LogP contribution is 1.95. The quantitative estimate of drug-likeness (QED) is 0.534. The summed E-state index contributed by atoms with van der Waals surface area (Å²) in [5, 5.41) is 3.17. The summed E-state index contributed by atoms with van der Waals surface area (Å²) in [6, 6.07) is 0. The molecule has 0 bridgehead atoms.